The van der Waals surface area contributed by atoms with Gasteiger partial charge in [0, 0.05) is 56.6 Å². The molecule has 0 unspecified atom stereocenters. The van der Waals surface area contributed by atoms with Gasteiger partial charge in [0.2, 0.25) is 0 Å². The van der Waals surface area contributed by atoms with Crippen LogP contribution >= 0.6 is 0 Å². The van der Waals surface area contributed by atoms with Gasteiger partial charge in [-0.3, -0.25) is 19.4 Å². The first-order valence-corrected chi connectivity index (χ1v) is 11.1. The van der Waals surface area contributed by atoms with Gasteiger partial charge in [0.1, 0.15) is 0 Å². The SMILES string of the molecule is O=C(c1nn(Cc2ccccn2)c2c1CN(Cc1ccc(F)c(F)c1)CC2)N1CCOCC1. The number of carbonyl (C=O) groups excluding carboxylic acids is 1. The molecule has 2 aromatic heterocycles. The number of nitrogens with zero attached hydrogens (tertiary/aromatic N) is 5. The van der Waals surface area contributed by atoms with Crippen LogP contribution < -0.4 is 0 Å². The molecule has 0 N–H and O–H groups in total. The van der Waals surface area contributed by atoms with Crippen molar-refractivity contribution >= 4 is 5.91 Å². The summed E-state index contributed by atoms with van der Waals surface area (Å²) in [6.07, 6.45) is 2.45. The van der Waals surface area contributed by atoms with Crippen LogP contribution in [0.15, 0.2) is 42.6 Å². The van der Waals surface area contributed by atoms with E-state index >= 15 is 0 Å². The Kier molecular flexibility index (Phi) is 6.15. The van der Waals surface area contributed by atoms with Crippen molar-refractivity contribution in [3.05, 3.63) is 82.4 Å². The van der Waals surface area contributed by atoms with E-state index in [0.717, 1.165) is 29.6 Å². The molecule has 1 amide bonds. The van der Waals surface area contributed by atoms with Crippen molar-refractivity contribution in [2.45, 2.75) is 26.1 Å². The first kappa shape index (κ1) is 21.7. The summed E-state index contributed by atoms with van der Waals surface area (Å²) in [7, 11) is 0. The summed E-state index contributed by atoms with van der Waals surface area (Å²) in [5.41, 5.74) is 3.95. The molecule has 0 atom stereocenters. The van der Waals surface area contributed by atoms with Crippen LogP contribution in [0.4, 0.5) is 8.78 Å². The summed E-state index contributed by atoms with van der Waals surface area (Å²) >= 11 is 0. The van der Waals surface area contributed by atoms with Gasteiger partial charge in [0.25, 0.3) is 5.91 Å². The standard InChI is InChI=1S/C24H25F2N5O2/c25-20-5-4-17(13-21(20)26)14-29-8-6-22-19(16-29)23(24(32)30-9-11-33-12-10-30)28-31(22)15-18-3-1-2-7-27-18/h1-5,7,13H,6,8-12,14-16H2. The normalized spacial score (nSPS) is 16.6. The number of pyridine rings is 1. The first-order valence-electron chi connectivity index (χ1n) is 11.1. The van der Waals surface area contributed by atoms with Gasteiger partial charge in [-0.1, -0.05) is 12.1 Å². The molecule has 1 fully saturated rings. The van der Waals surface area contributed by atoms with Gasteiger partial charge in [-0.2, -0.15) is 5.10 Å². The number of hydrogen-bond acceptors (Lipinski definition) is 5. The summed E-state index contributed by atoms with van der Waals surface area (Å²) in [5, 5.41) is 4.74. The fourth-order valence-electron chi connectivity index (χ4n) is 4.44. The number of morpholine rings is 1. The van der Waals surface area contributed by atoms with E-state index in [1.807, 2.05) is 22.9 Å². The quantitative estimate of drug-likeness (QED) is 0.595. The van der Waals surface area contributed by atoms with E-state index in [-0.39, 0.29) is 5.91 Å². The van der Waals surface area contributed by atoms with Crippen LogP contribution in [0.3, 0.4) is 0 Å². The number of hydrogen-bond donors (Lipinski definition) is 0. The highest BCUT2D eigenvalue weighted by Gasteiger charge is 2.31. The smallest absolute Gasteiger partial charge is 0.274 e. The molecule has 1 saturated heterocycles. The number of aromatic nitrogens is 3. The number of halogens is 2. The Balaban J connectivity index is 1.43. The van der Waals surface area contributed by atoms with Crippen molar-refractivity contribution in [2.24, 2.45) is 0 Å². The average molecular weight is 453 g/mol. The van der Waals surface area contributed by atoms with Gasteiger partial charge in [-0.25, -0.2) is 8.78 Å². The van der Waals surface area contributed by atoms with Crippen molar-refractivity contribution in [1.29, 1.82) is 0 Å². The number of amides is 1. The summed E-state index contributed by atoms with van der Waals surface area (Å²) in [5.74, 6) is -1.80. The molecule has 33 heavy (non-hydrogen) atoms. The van der Waals surface area contributed by atoms with Gasteiger partial charge in [-0.15, -0.1) is 0 Å². The minimum atomic E-state index is -0.853. The predicted octanol–water partition coefficient (Wildman–Crippen LogP) is 2.64. The topological polar surface area (TPSA) is 63.5 Å². The summed E-state index contributed by atoms with van der Waals surface area (Å²) in [6.45, 7) is 4.32. The molecule has 2 aliphatic rings. The fraction of sp³-hybridized carbons (Fsp3) is 0.375. The maximum absolute atomic E-state index is 13.7. The molecule has 0 radical (unpaired) electrons. The zero-order valence-electron chi connectivity index (χ0n) is 18.2. The molecule has 5 rings (SSSR count). The van der Waals surface area contributed by atoms with E-state index in [2.05, 4.69) is 9.88 Å². The van der Waals surface area contributed by atoms with E-state index in [0.29, 0.717) is 63.6 Å². The summed E-state index contributed by atoms with van der Waals surface area (Å²) in [6, 6.07) is 9.72. The average Bonchev–Trinajstić information content (AvgIpc) is 3.19. The second kappa shape index (κ2) is 9.36. The minimum Gasteiger partial charge on any atom is -0.378 e. The Morgan fingerprint density at radius 1 is 1.03 bits per heavy atom. The van der Waals surface area contributed by atoms with Crippen LogP contribution in [0, 0.1) is 11.6 Å². The third-order valence-electron chi connectivity index (χ3n) is 6.14. The number of rotatable bonds is 5. The molecule has 0 saturated carbocycles. The van der Waals surface area contributed by atoms with Crippen LogP contribution in [0.5, 0.6) is 0 Å². The third kappa shape index (κ3) is 4.65. The molecule has 0 spiro atoms. The van der Waals surface area contributed by atoms with Crippen LogP contribution in [0.1, 0.15) is 33.0 Å². The Morgan fingerprint density at radius 2 is 1.88 bits per heavy atom. The molecule has 3 aromatic rings. The molecule has 1 aromatic carbocycles. The molecule has 0 aliphatic carbocycles. The highest BCUT2D eigenvalue weighted by Crippen LogP contribution is 2.26. The lowest BCUT2D eigenvalue weighted by molar-refractivity contribution is 0.0297. The summed E-state index contributed by atoms with van der Waals surface area (Å²) in [4.78, 5) is 21.7. The lowest BCUT2D eigenvalue weighted by atomic mass is 10.0. The second-order valence-electron chi connectivity index (χ2n) is 8.37. The predicted molar refractivity (Wildman–Crippen MR) is 116 cm³/mol. The highest BCUT2D eigenvalue weighted by atomic mass is 19.2. The maximum Gasteiger partial charge on any atom is 0.274 e. The molecule has 7 nitrogen and oxygen atoms in total. The lowest BCUT2D eigenvalue weighted by Gasteiger charge is -2.29. The second-order valence-corrected chi connectivity index (χ2v) is 8.37. The van der Waals surface area contributed by atoms with Crippen LogP contribution in [0.2, 0.25) is 0 Å². The van der Waals surface area contributed by atoms with Crippen molar-refractivity contribution in [1.82, 2.24) is 24.6 Å². The molecule has 172 valence electrons. The highest BCUT2D eigenvalue weighted by molar-refractivity contribution is 5.94. The molecular formula is C24H25F2N5O2. The molecular weight excluding hydrogens is 428 g/mol. The van der Waals surface area contributed by atoms with Gasteiger partial charge in [-0.05, 0) is 29.8 Å². The van der Waals surface area contributed by atoms with Gasteiger partial charge in [0.05, 0.1) is 25.5 Å². The Labute approximate surface area is 190 Å². The lowest BCUT2D eigenvalue weighted by Crippen LogP contribution is -2.41. The number of carbonyl (C=O) groups is 1. The zero-order chi connectivity index (χ0) is 22.8. The zero-order valence-corrected chi connectivity index (χ0v) is 18.2. The van der Waals surface area contributed by atoms with E-state index in [1.54, 1.807) is 17.2 Å². The van der Waals surface area contributed by atoms with Crippen LogP contribution in [0.25, 0.3) is 0 Å². The van der Waals surface area contributed by atoms with Crippen molar-refractivity contribution < 1.29 is 18.3 Å². The van der Waals surface area contributed by atoms with Gasteiger partial charge < -0.3 is 9.64 Å². The monoisotopic (exact) mass is 453 g/mol. The maximum atomic E-state index is 13.7. The summed E-state index contributed by atoms with van der Waals surface area (Å²) < 4.78 is 34.3. The van der Waals surface area contributed by atoms with Crippen LogP contribution in [-0.2, 0) is 30.8 Å². The Morgan fingerprint density at radius 3 is 2.64 bits per heavy atom. The van der Waals surface area contributed by atoms with Gasteiger partial charge >= 0.3 is 0 Å². The minimum absolute atomic E-state index is 0.0935. The van der Waals surface area contributed by atoms with Crippen molar-refractivity contribution in [3.8, 4) is 0 Å². The van der Waals surface area contributed by atoms with E-state index in [4.69, 9.17) is 9.84 Å². The Hall–Kier alpha value is -3.17. The number of fused-ring (bicyclic) bond motifs is 1. The van der Waals surface area contributed by atoms with Crippen molar-refractivity contribution in [3.63, 3.8) is 0 Å². The molecule has 0 bridgehead atoms. The molecule has 9 heteroatoms. The van der Waals surface area contributed by atoms with E-state index in [1.165, 1.54) is 6.07 Å². The Bertz CT molecular complexity index is 1150. The number of ether oxygens (including phenoxy) is 1. The van der Waals surface area contributed by atoms with Crippen LogP contribution in [-0.4, -0.2) is 63.3 Å². The number of benzene rings is 1. The fourth-order valence-corrected chi connectivity index (χ4v) is 4.44. The van der Waals surface area contributed by atoms with E-state index < -0.39 is 11.6 Å². The first-order chi connectivity index (χ1) is 16.1. The molecule has 2 aliphatic heterocycles. The largest absolute Gasteiger partial charge is 0.378 e. The van der Waals surface area contributed by atoms with E-state index in [9.17, 15) is 13.6 Å². The van der Waals surface area contributed by atoms with Crippen molar-refractivity contribution in [2.75, 3.05) is 32.8 Å². The van der Waals surface area contributed by atoms with Gasteiger partial charge in [0.15, 0.2) is 17.3 Å². The third-order valence-corrected chi connectivity index (χ3v) is 6.14. The molecule has 4 heterocycles.